The SMILES string of the molecule is CCCO[Si](C)(C)OC(CCC)CCC. The maximum Gasteiger partial charge on any atom is 0.331 e. The molecule has 0 rings (SSSR count). The first kappa shape index (κ1) is 15.1. The third-order valence-corrected chi connectivity index (χ3v) is 4.13. The Kier molecular flexibility index (Phi) is 8.38. The summed E-state index contributed by atoms with van der Waals surface area (Å²) in [5.74, 6) is 0. The molecule has 0 amide bonds. The van der Waals surface area contributed by atoms with Gasteiger partial charge in [0.2, 0.25) is 0 Å². The summed E-state index contributed by atoms with van der Waals surface area (Å²) >= 11 is 0. The molecule has 0 aliphatic heterocycles. The standard InChI is InChI=1S/C12H28O2Si/c1-6-9-12(10-7-2)14-15(4,5)13-11-8-3/h12H,6-11H2,1-5H3. The first-order valence-corrected chi connectivity index (χ1v) is 9.19. The van der Waals surface area contributed by atoms with E-state index in [0.717, 1.165) is 13.0 Å². The van der Waals surface area contributed by atoms with Gasteiger partial charge >= 0.3 is 8.56 Å². The molecule has 0 radical (unpaired) electrons. The molecule has 0 aliphatic rings. The maximum atomic E-state index is 6.14. The molecule has 3 heteroatoms. The third-order valence-electron chi connectivity index (χ3n) is 2.33. The first-order valence-electron chi connectivity index (χ1n) is 6.37. The van der Waals surface area contributed by atoms with Gasteiger partial charge in [-0.15, -0.1) is 0 Å². The lowest BCUT2D eigenvalue weighted by atomic mass is 10.1. The van der Waals surface area contributed by atoms with Crippen LogP contribution in [0, 0.1) is 0 Å². The second kappa shape index (κ2) is 8.31. The van der Waals surface area contributed by atoms with Crippen molar-refractivity contribution in [3.05, 3.63) is 0 Å². The Morgan fingerprint density at radius 2 is 1.47 bits per heavy atom. The van der Waals surface area contributed by atoms with Crippen LogP contribution < -0.4 is 0 Å². The van der Waals surface area contributed by atoms with Crippen LogP contribution in [0.2, 0.25) is 13.1 Å². The van der Waals surface area contributed by atoms with Crippen molar-refractivity contribution >= 4 is 8.56 Å². The van der Waals surface area contributed by atoms with E-state index in [-0.39, 0.29) is 0 Å². The van der Waals surface area contributed by atoms with Crippen molar-refractivity contribution in [1.29, 1.82) is 0 Å². The van der Waals surface area contributed by atoms with Crippen LogP contribution in [0.15, 0.2) is 0 Å². The highest BCUT2D eigenvalue weighted by Crippen LogP contribution is 2.17. The van der Waals surface area contributed by atoms with Crippen LogP contribution in [0.1, 0.15) is 52.9 Å². The van der Waals surface area contributed by atoms with Crippen molar-refractivity contribution < 1.29 is 8.85 Å². The van der Waals surface area contributed by atoms with Gasteiger partial charge in [0.05, 0.1) is 0 Å². The lowest BCUT2D eigenvalue weighted by molar-refractivity contribution is 0.107. The predicted octanol–water partition coefficient (Wildman–Crippen LogP) is 4.10. The highest BCUT2D eigenvalue weighted by atomic mass is 28.4. The summed E-state index contributed by atoms with van der Waals surface area (Å²) in [6.45, 7) is 11.7. The fourth-order valence-electron chi connectivity index (χ4n) is 1.69. The van der Waals surface area contributed by atoms with Gasteiger partial charge in [-0.3, -0.25) is 0 Å². The summed E-state index contributed by atoms with van der Waals surface area (Å²) in [4.78, 5) is 0. The molecule has 0 N–H and O–H groups in total. The predicted molar refractivity (Wildman–Crippen MR) is 68.4 cm³/mol. The van der Waals surface area contributed by atoms with Gasteiger partial charge in [0.15, 0.2) is 0 Å². The number of hydrogen-bond donors (Lipinski definition) is 0. The molecule has 0 saturated carbocycles. The normalized spacial score (nSPS) is 12.4. The second-order valence-electron chi connectivity index (χ2n) is 4.57. The Morgan fingerprint density at radius 3 is 1.87 bits per heavy atom. The Morgan fingerprint density at radius 1 is 0.933 bits per heavy atom. The van der Waals surface area contributed by atoms with Gasteiger partial charge in [-0.05, 0) is 32.4 Å². The minimum atomic E-state index is -1.86. The molecule has 92 valence electrons. The van der Waals surface area contributed by atoms with E-state index in [9.17, 15) is 0 Å². The largest absolute Gasteiger partial charge is 0.395 e. The topological polar surface area (TPSA) is 18.5 Å². The van der Waals surface area contributed by atoms with Crippen molar-refractivity contribution in [2.24, 2.45) is 0 Å². The van der Waals surface area contributed by atoms with E-state index in [2.05, 4.69) is 33.9 Å². The van der Waals surface area contributed by atoms with Crippen LogP contribution in [-0.2, 0) is 8.85 Å². The van der Waals surface area contributed by atoms with Crippen LogP contribution in [-0.4, -0.2) is 21.3 Å². The zero-order chi connectivity index (χ0) is 11.7. The van der Waals surface area contributed by atoms with Gasteiger partial charge in [0.25, 0.3) is 0 Å². The highest BCUT2D eigenvalue weighted by molar-refractivity contribution is 6.64. The summed E-state index contributed by atoms with van der Waals surface area (Å²) in [5.41, 5.74) is 0. The van der Waals surface area contributed by atoms with E-state index >= 15 is 0 Å². The van der Waals surface area contributed by atoms with Crippen molar-refractivity contribution in [2.75, 3.05) is 6.61 Å². The monoisotopic (exact) mass is 232 g/mol. The lowest BCUT2D eigenvalue weighted by Gasteiger charge is -2.28. The van der Waals surface area contributed by atoms with Gasteiger partial charge in [0, 0.05) is 12.7 Å². The minimum absolute atomic E-state index is 0.415. The van der Waals surface area contributed by atoms with E-state index in [1.54, 1.807) is 0 Å². The van der Waals surface area contributed by atoms with Crippen molar-refractivity contribution in [1.82, 2.24) is 0 Å². The van der Waals surface area contributed by atoms with E-state index in [1.807, 2.05) is 0 Å². The van der Waals surface area contributed by atoms with Crippen molar-refractivity contribution in [3.8, 4) is 0 Å². The van der Waals surface area contributed by atoms with E-state index < -0.39 is 8.56 Å². The second-order valence-corrected chi connectivity index (χ2v) is 7.89. The van der Waals surface area contributed by atoms with Crippen molar-refractivity contribution in [2.45, 2.75) is 72.1 Å². The Hall–Kier alpha value is 0.137. The van der Waals surface area contributed by atoms with Crippen LogP contribution in [0.4, 0.5) is 0 Å². The van der Waals surface area contributed by atoms with Crippen LogP contribution >= 0.6 is 0 Å². The molecule has 2 nitrogen and oxygen atoms in total. The zero-order valence-electron chi connectivity index (χ0n) is 11.1. The molecule has 0 aromatic carbocycles. The van der Waals surface area contributed by atoms with Gasteiger partial charge in [-0.2, -0.15) is 0 Å². The summed E-state index contributed by atoms with van der Waals surface area (Å²) in [6.07, 6.45) is 6.22. The van der Waals surface area contributed by atoms with Gasteiger partial charge in [-0.25, -0.2) is 0 Å². The molecule has 0 aromatic heterocycles. The molecule has 0 heterocycles. The average Bonchev–Trinajstić information content (AvgIpc) is 2.15. The fourth-order valence-corrected chi connectivity index (χ4v) is 3.49. The lowest BCUT2D eigenvalue weighted by Crippen LogP contribution is -2.39. The molecule has 0 spiro atoms. The summed E-state index contributed by atoms with van der Waals surface area (Å²) < 4.78 is 12.0. The molecule has 0 aliphatic carbocycles. The van der Waals surface area contributed by atoms with Crippen LogP contribution in [0.25, 0.3) is 0 Å². The maximum absolute atomic E-state index is 6.14. The Balaban J connectivity index is 3.99. The third kappa shape index (κ3) is 8.00. The molecular weight excluding hydrogens is 204 g/mol. The van der Waals surface area contributed by atoms with E-state index in [0.29, 0.717) is 6.10 Å². The molecule has 0 atom stereocenters. The number of rotatable bonds is 9. The molecule has 0 aromatic rings. The van der Waals surface area contributed by atoms with Crippen LogP contribution in [0.3, 0.4) is 0 Å². The van der Waals surface area contributed by atoms with E-state index in [4.69, 9.17) is 8.85 Å². The average molecular weight is 232 g/mol. The quantitative estimate of drug-likeness (QED) is 0.557. The molecule has 0 bridgehead atoms. The minimum Gasteiger partial charge on any atom is -0.395 e. The Labute approximate surface area is 96.6 Å². The molecule has 0 unspecified atom stereocenters. The van der Waals surface area contributed by atoms with Crippen LogP contribution in [0.5, 0.6) is 0 Å². The Bertz CT molecular complexity index is 143. The number of hydrogen-bond acceptors (Lipinski definition) is 2. The molecule has 0 saturated heterocycles. The van der Waals surface area contributed by atoms with Gasteiger partial charge in [-0.1, -0.05) is 33.6 Å². The smallest absolute Gasteiger partial charge is 0.331 e. The van der Waals surface area contributed by atoms with Gasteiger partial charge < -0.3 is 8.85 Å². The molecule has 15 heavy (non-hydrogen) atoms. The molecular formula is C12H28O2Si. The highest BCUT2D eigenvalue weighted by Gasteiger charge is 2.27. The summed E-state index contributed by atoms with van der Waals surface area (Å²) in [5, 5.41) is 0. The van der Waals surface area contributed by atoms with E-state index in [1.165, 1.54) is 25.7 Å². The summed E-state index contributed by atoms with van der Waals surface area (Å²) in [6, 6.07) is 0. The molecule has 0 fully saturated rings. The van der Waals surface area contributed by atoms with Gasteiger partial charge in [0.1, 0.15) is 0 Å². The first-order chi connectivity index (χ1) is 7.05. The zero-order valence-corrected chi connectivity index (χ0v) is 12.1. The summed E-state index contributed by atoms with van der Waals surface area (Å²) in [7, 11) is -1.86. The fraction of sp³-hybridized carbons (Fsp3) is 1.00. The van der Waals surface area contributed by atoms with Crippen molar-refractivity contribution in [3.63, 3.8) is 0 Å².